The Morgan fingerprint density at radius 3 is 2.33 bits per heavy atom. The summed E-state index contributed by atoms with van der Waals surface area (Å²) in [4.78, 5) is 17.4. The summed E-state index contributed by atoms with van der Waals surface area (Å²) in [6.45, 7) is 9.59. The van der Waals surface area contributed by atoms with E-state index in [1.807, 2.05) is 56.6 Å². The maximum atomic E-state index is 12.7. The van der Waals surface area contributed by atoms with E-state index < -0.39 is 0 Å². The predicted molar refractivity (Wildman–Crippen MR) is 116 cm³/mol. The molecular formula is C23H29N3O4. The van der Waals surface area contributed by atoms with Gasteiger partial charge in [-0.05, 0) is 57.5 Å². The Labute approximate surface area is 177 Å². The number of ether oxygens (including phenoxy) is 3. The van der Waals surface area contributed by atoms with Crippen molar-refractivity contribution in [1.29, 1.82) is 0 Å². The molecule has 2 aromatic heterocycles. The van der Waals surface area contributed by atoms with Gasteiger partial charge in [-0.25, -0.2) is 4.98 Å². The van der Waals surface area contributed by atoms with E-state index in [0.717, 1.165) is 11.3 Å². The van der Waals surface area contributed by atoms with Crippen LogP contribution in [0.1, 0.15) is 42.4 Å². The van der Waals surface area contributed by atoms with Gasteiger partial charge in [0.25, 0.3) is 5.91 Å². The number of aryl methyl sites for hydroxylation is 1. The Bertz CT molecular complexity index is 986. The molecule has 1 aromatic carbocycles. The molecule has 0 aliphatic carbocycles. The van der Waals surface area contributed by atoms with Crippen molar-refractivity contribution in [2.24, 2.45) is 0 Å². The number of hydrogen-bond donors (Lipinski definition) is 1. The molecule has 0 bridgehead atoms. The number of benzene rings is 1. The number of amides is 1. The highest BCUT2D eigenvalue weighted by atomic mass is 16.5. The number of carbonyl (C=O) groups is 1. The molecule has 1 N–H and O–H groups in total. The lowest BCUT2D eigenvalue weighted by atomic mass is 10.1. The van der Waals surface area contributed by atoms with Crippen LogP contribution in [-0.2, 0) is 6.42 Å². The van der Waals surface area contributed by atoms with Crippen molar-refractivity contribution in [1.82, 2.24) is 14.7 Å². The van der Waals surface area contributed by atoms with E-state index in [9.17, 15) is 4.79 Å². The van der Waals surface area contributed by atoms with E-state index in [1.54, 1.807) is 12.1 Å². The molecule has 0 saturated heterocycles. The summed E-state index contributed by atoms with van der Waals surface area (Å²) >= 11 is 0. The lowest BCUT2D eigenvalue weighted by Crippen LogP contribution is -2.26. The predicted octanol–water partition coefficient (Wildman–Crippen LogP) is 3.81. The monoisotopic (exact) mass is 411 g/mol. The minimum absolute atomic E-state index is 0.195. The minimum Gasteiger partial charge on any atom is -0.490 e. The van der Waals surface area contributed by atoms with Gasteiger partial charge in [-0.1, -0.05) is 0 Å². The van der Waals surface area contributed by atoms with Gasteiger partial charge in [0.1, 0.15) is 5.65 Å². The van der Waals surface area contributed by atoms with E-state index in [1.165, 1.54) is 5.56 Å². The van der Waals surface area contributed by atoms with Gasteiger partial charge >= 0.3 is 0 Å². The maximum absolute atomic E-state index is 12.7. The van der Waals surface area contributed by atoms with Crippen molar-refractivity contribution in [2.75, 3.05) is 26.4 Å². The van der Waals surface area contributed by atoms with Gasteiger partial charge in [0.2, 0.25) is 5.75 Å². The fourth-order valence-corrected chi connectivity index (χ4v) is 3.18. The summed E-state index contributed by atoms with van der Waals surface area (Å²) in [6.07, 6.45) is 4.61. The second-order valence-electron chi connectivity index (χ2n) is 6.81. The van der Waals surface area contributed by atoms with Crippen molar-refractivity contribution in [2.45, 2.75) is 34.1 Å². The molecule has 3 rings (SSSR count). The molecule has 3 aromatic rings. The molecule has 1 amide bonds. The van der Waals surface area contributed by atoms with Gasteiger partial charge in [-0.15, -0.1) is 0 Å². The smallest absolute Gasteiger partial charge is 0.251 e. The van der Waals surface area contributed by atoms with Crippen LogP contribution in [0.5, 0.6) is 17.2 Å². The van der Waals surface area contributed by atoms with Crippen LogP contribution in [-0.4, -0.2) is 41.7 Å². The van der Waals surface area contributed by atoms with Crippen LogP contribution in [0, 0.1) is 6.92 Å². The molecule has 0 atom stereocenters. The van der Waals surface area contributed by atoms with Crippen LogP contribution in [0.15, 0.2) is 36.7 Å². The molecular weight excluding hydrogens is 382 g/mol. The van der Waals surface area contributed by atoms with Crippen LogP contribution >= 0.6 is 0 Å². The first kappa shape index (κ1) is 21.5. The van der Waals surface area contributed by atoms with E-state index >= 15 is 0 Å². The first-order valence-electron chi connectivity index (χ1n) is 10.3. The lowest BCUT2D eigenvalue weighted by molar-refractivity contribution is 0.0953. The topological polar surface area (TPSA) is 74.1 Å². The third-order valence-corrected chi connectivity index (χ3v) is 4.50. The van der Waals surface area contributed by atoms with Crippen molar-refractivity contribution in [3.8, 4) is 17.2 Å². The van der Waals surface area contributed by atoms with Gasteiger partial charge in [0, 0.05) is 30.9 Å². The zero-order valence-electron chi connectivity index (χ0n) is 18.0. The number of rotatable bonds is 10. The van der Waals surface area contributed by atoms with Gasteiger partial charge < -0.3 is 23.9 Å². The largest absolute Gasteiger partial charge is 0.490 e. The second kappa shape index (κ2) is 10.0. The highest BCUT2D eigenvalue weighted by molar-refractivity contribution is 5.95. The summed E-state index contributed by atoms with van der Waals surface area (Å²) in [5.74, 6) is 1.34. The van der Waals surface area contributed by atoms with Crippen LogP contribution in [0.25, 0.3) is 5.65 Å². The molecule has 7 nitrogen and oxygen atoms in total. The third-order valence-electron chi connectivity index (χ3n) is 4.50. The average molecular weight is 412 g/mol. The molecule has 0 aliphatic rings. The zero-order valence-corrected chi connectivity index (χ0v) is 18.0. The van der Waals surface area contributed by atoms with Crippen LogP contribution in [0.2, 0.25) is 0 Å². The molecule has 2 heterocycles. The quantitative estimate of drug-likeness (QED) is 0.549. The fourth-order valence-electron chi connectivity index (χ4n) is 3.18. The lowest BCUT2D eigenvalue weighted by Gasteiger charge is -2.17. The Balaban J connectivity index is 1.71. The third kappa shape index (κ3) is 5.03. The SMILES string of the molecule is CCOc1cc(C(=O)NCCc2cn3ccc(C)cc3n2)cc(OCC)c1OCC. The van der Waals surface area contributed by atoms with Crippen LogP contribution < -0.4 is 19.5 Å². The van der Waals surface area contributed by atoms with Crippen molar-refractivity contribution >= 4 is 11.6 Å². The van der Waals surface area contributed by atoms with E-state index in [0.29, 0.717) is 55.6 Å². The number of carbonyl (C=O) groups excluding carboxylic acids is 1. The van der Waals surface area contributed by atoms with Crippen molar-refractivity contribution < 1.29 is 19.0 Å². The first-order valence-corrected chi connectivity index (χ1v) is 10.3. The number of pyridine rings is 1. The second-order valence-corrected chi connectivity index (χ2v) is 6.81. The van der Waals surface area contributed by atoms with Gasteiger partial charge in [-0.3, -0.25) is 4.79 Å². The summed E-state index contributed by atoms with van der Waals surface area (Å²) in [6, 6.07) is 7.46. The van der Waals surface area contributed by atoms with E-state index in [4.69, 9.17) is 14.2 Å². The Hall–Kier alpha value is -3.22. The number of nitrogens with zero attached hydrogens (tertiary/aromatic N) is 2. The molecule has 0 unspecified atom stereocenters. The van der Waals surface area contributed by atoms with Gasteiger partial charge in [0.05, 0.1) is 25.5 Å². The summed E-state index contributed by atoms with van der Waals surface area (Å²) in [5.41, 5.74) is 3.47. The number of aromatic nitrogens is 2. The highest BCUT2D eigenvalue weighted by Crippen LogP contribution is 2.39. The molecule has 0 saturated carbocycles. The molecule has 30 heavy (non-hydrogen) atoms. The first-order chi connectivity index (χ1) is 14.5. The maximum Gasteiger partial charge on any atom is 0.251 e. The van der Waals surface area contributed by atoms with Gasteiger partial charge in [-0.2, -0.15) is 0 Å². The highest BCUT2D eigenvalue weighted by Gasteiger charge is 2.18. The number of imidazole rings is 1. The van der Waals surface area contributed by atoms with Crippen LogP contribution in [0.3, 0.4) is 0 Å². The summed E-state index contributed by atoms with van der Waals surface area (Å²) < 4.78 is 19.1. The number of hydrogen-bond acceptors (Lipinski definition) is 5. The number of fused-ring (bicyclic) bond motifs is 1. The molecule has 0 fully saturated rings. The summed E-state index contributed by atoms with van der Waals surface area (Å²) in [7, 11) is 0. The van der Waals surface area contributed by atoms with Crippen molar-refractivity contribution in [3.63, 3.8) is 0 Å². The minimum atomic E-state index is -0.195. The zero-order chi connectivity index (χ0) is 21.5. The Morgan fingerprint density at radius 2 is 1.70 bits per heavy atom. The molecule has 7 heteroatoms. The average Bonchev–Trinajstić information content (AvgIpc) is 3.12. The number of nitrogens with one attached hydrogen (secondary N) is 1. The van der Waals surface area contributed by atoms with Crippen LogP contribution in [0.4, 0.5) is 0 Å². The molecule has 0 aliphatic heterocycles. The standard InChI is InChI=1S/C23H29N3O4/c1-5-28-19-13-17(14-20(29-6-2)22(19)30-7-3)23(27)24-10-8-18-15-26-11-9-16(4)12-21(26)25-18/h9,11-15H,5-8,10H2,1-4H3,(H,24,27). The fraction of sp³-hybridized carbons (Fsp3) is 0.391. The molecule has 0 radical (unpaired) electrons. The molecule has 160 valence electrons. The van der Waals surface area contributed by atoms with E-state index in [2.05, 4.69) is 10.3 Å². The Morgan fingerprint density at radius 1 is 1.03 bits per heavy atom. The normalized spacial score (nSPS) is 10.8. The van der Waals surface area contributed by atoms with Gasteiger partial charge in [0.15, 0.2) is 11.5 Å². The molecule has 0 spiro atoms. The van der Waals surface area contributed by atoms with Crippen molar-refractivity contribution in [3.05, 3.63) is 53.5 Å². The summed E-state index contributed by atoms with van der Waals surface area (Å²) in [5, 5.41) is 2.95. The van der Waals surface area contributed by atoms with E-state index in [-0.39, 0.29) is 5.91 Å². The Kier molecular flexibility index (Phi) is 7.17.